The van der Waals surface area contributed by atoms with Gasteiger partial charge in [0.1, 0.15) is 5.75 Å². The first-order chi connectivity index (χ1) is 6.27. The van der Waals surface area contributed by atoms with E-state index in [9.17, 15) is 5.11 Å². The highest BCUT2D eigenvalue weighted by molar-refractivity contribution is 5.38. The average Bonchev–Trinajstić information content (AvgIpc) is 2.62. The Morgan fingerprint density at radius 1 is 1.38 bits per heavy atom. The van der Waals surface area contributed by atoms with Crippen LogP contribution in [0, 0.1) is 6.92 Å². The van der Waals surface area contributed by atoms with Gasteiger partial charge in [0.2, 0.25) is 0 Å². The van der Waals surface area contributed by atoms with Crippen LogP contribution in [0.4, 0.5) is 0 Å². The van der Waals surface area contributed by atoms with Gasteiger partial charge in [0, 0.05) is 5.92 Å². The molecular weight excluding hydrogens is 160 g/mol. The minimum absolute atomic E-state index is 0.415. The number of phenols is 1. The van der Waals surface area contributed by atoms with E-state index in [1.54, 1.807) is 0 Å². The van der Waals surface area contributed by atoms with Crippen molar-refractivity contribution in [2.75, 3.05) is 0 Å². The highest BCUT2D eigenvalue weighted by Gasteiger charge is 2.12. The minimum atomic E-state index is 0.415. The molecule has 0 aliphatic heterocycles. The summed E-state index contributed by atoms with van der Waals surface area (Å²) in [6.07, 6.45) is 6.79. The summed E-state index contributed by atoms with van der Waals surface area (Å²) in [6, 6.07) is 5.97. The number of hydrogen-bond donors (Lipinski definition) is 1. The summed E-state index contributed by atoms with van der Waals surface area (Å²) in [5.41, 5.74) is 2.18. The molecule has 13 heavy (non-hydrogen) atoms. The van der Waals surface area contributed by atoms with Gasteiger partial charge >= 0.3 is 0 Å². The molecule has 0 radical (unpaired) electrons. The van der Waals surface area contributed by atoms with Crippen LogP contribution in [-0.4, -0.2) is 5.11 Å². The topological polar surface area (TPSA) is 20.2 Å². The first-order valence-electron chi connectivity index (χ1n) is 4.73. The molecule has 0 spiro atoms. The zero-order valence-electron chi connectivity index (χ0n) is 7.83. The number of aryl methyl sites for hydroxylation is 1. The number of hydrogen-bond acceptors (Lipinski definition) is 1. The first kappa shape index (κ1) is 8.36. The summed E-state index contributed by atoms with van der Waals surface area (Å²) in [4.78, 5) is 0. The maximum Gasteiger partial charge on any atom is 0.118 e. The quantitative estimate of drug-likeness (QED) is 0.648. The van der Waals surface area contributed by atoms with E-state index in [2.05, 4.69) is 18.2 Å². The van der Waals surface area contributed by atoms with Crippen molar-refractivity contribution in [2.24, 2.45) is 0 Å². The SMILES string of the molecule is Cc1ccc(C2C=CCC2)cc1O. The van der Waals surface area contributed by atoms with Gasteiger partial charge in [-0.3, -0.25) is 0 Å². The molecule has 1 aromatic carbocycles. The molecule has 0 saturated carbocycles. The van der Waals surface area contributed by atoms with Crippen molar-refractivity contribution in [1.29, 1.82) is 0 Å². The smallest absolute Gasteiger partial charge is 0.118 e. The van der Waals surface area contributed by atoms with Gasteiger partial charge in [-0.15, -0.1) is 0 Å². The van der Waals surface area contributed by atoms with E-state index in [0.29, 0.717) is 11.7 Å². The summed E-state index contributed by atoms with van der Waals surface area (Å²) in [5.74, 6) is 0.935. The zero-order valence-corrected chi connectivity index (χ0v) is 7.83. The van der Waals surface area contributed by atoms with Gasteiger partial charge in [-0.1, -0.05) is 24.3 Å². The van der Waals surface area contributed by atoms with E-state index in [1.165, 1.54) is 18.4 Å². The molecular formula is C12H14O. The number of rotatable bonds is 1. The van der Waals surface area contributed by atoms with Crippen LogP contribution in [0.3, 0.4) is 0 Å². The van der Waals surface area contributed by atoms with Crippen LogP contribution in [0.2, 0.25) is 0 Å². The second-order valence-corrected chi connectivity index (χ2v) is 3.66. The molecule has 0 aromatic heterocycles. The Morgan fingerprint density at radius 2 is 2.23 bits per heavy atom. The molecule has 1 atom stereocenters. The van der Waals surface area contributed by atoms with Crippen LogP contribution in [0.1, 0.15) is 29.9 Å². The Labute approximate surface area is 78.7 Å². The lowest BCUT2D eigenvalue weighted by Gasteiger charge is -2.09. The summed E-state index contributed by atoms with van der Waals surface area (Å²) in [5, 5.41) is 9.54. The minimum Gasteiger partial charge on any atom is -0.508 e. The molecule has 1 aliphatic rings. The second-order valence-electron chi connectivity index (χ2n) is 3.66. The van der Waals surface area contributed by atoms with E-state index < -0.39 is 0 Å². The Morgan fingerprint density at radius 3 is 2.85 bits per heavy atom. The number of phenolic OH excluding ortho intramolecular Hbond substituents is 1. The van der Waals surface area contributed by atoms with Crippen LogP contribution in [0.25, 0.3) is 0 Å². The van der Waals surface area contributed by atoms with Crippen molar-refractivity contribution in [3.63, 3.8) is 0 Å². The predicted molar refractivity (Wildman–Crippen MR) is 54.0 cm³/mol. The third kappa shape index (κ3) is 1.59. The summed E-state index contributed by atoms with van der Waals surface area (Å²) in [7, 11) is 0. The Hall–Kier alpha value is -1.24. The van der Waals surface area contributed by atoms with Gasteiger partial charge < -0.3 is 5.11 Å². The van der Waals surface area contributed by atoms with Crippen molar-refractivity contribution in [3.8, 4) is 5.75 Å². The second kappa shape index (κ2) is 3.25. The van der Waals surface area contributed by atoms with Crippen LogP contribution in [0.15, 0.2) is 30.4 Å². The maximum absolute atomic E-state index is 9.54. The van der Waals surface area contributed by atoms with E-state index in [0.717, 1.165) is 5.56 Å². The lowest BCUT2D eigenvalue weighted by atomic mass is 9.97. The number of aromatic hydroxyl groups is 1. The highest BCUT2D eigenvalue weighted by Crippen LogP contribution is 2.31. The fraction of sp³-hybridized carbons (Fsp3) is 0.333. The zero-order chi connectivity index (χ0) is 9.26. The summed E-state index contributed by atoms with van der Waals surface area (Å²) >= 11 is 0. The van der Waals surface area contributed by atoms with Crippen molar-refractivity contribution in [3.05, 3.63) is 41.5 Å². The lowest BCUT2D eigenvalue weighted by Crippen LogP contribution is -1.90. The Balaban J connectivity index is 2.30. The van der Waals surface area contributed by atoms with Crippen LogP contribution in [-0.2, 0) is 0 Å². The van der Waals surface area contributed by atoms with Crippen molar-refractivity contribution < 1.29 is 5.11 Å². The molecule has 1 unspecified atom stereocenters. The van der Waals surface area contributed by atoms with Crippen molar-refractivity contribution >= 4 is 0 Å². The standard InChI is InChI=1S/C12H14O/c1-9-6-7-11(8-12(9)13)10-4-2-3-5-10/h2,4,6-8,10,13H,3,5H2,1H3. The van der Waals surface area contributed by atoms with Gasteiger partial charge in [0.15, 0.2) is 0 Å². The molecule has 1 aliphatic carbocycles. The first-order valence-corrected chi connectivity index (χ1v) is 4.73. The van der Waals surface area contributed by atoms with Gasteiger partial charge in [0.05, 0.1) is 0 Å². The number of benzene rings is 1. The normalized spacial score (nSPS) is 20.8. The number of allylic oxidation sites excluding steroid dienone is 2. The molecule has 1 heteroatoms. The third-order valence-electron chi connectivity index (χ3n) is 2.67. The molecule has 68 valence electrons. The Kier molecular flexibility index (Phi) is 2.09. The molecule has 0 bridgehead atoms. The largest absolute Gasteiger partial charge is 0.508 e. The fourth-order valence-corrected chi connectivity index (χ4v) is 1.77. The molecule has 1 N–H and O–H groups in total. The van der Waals surface area contributed by atoms with Crippen LogP contribution in [0.5, 0.6) is 5.75 Å². The monoisotopic (exact) mass is 174 g/mol. The molecule has 1 nitrogen and oxygen atoms in total. The van der Waals surface area contributed by atoms with Gasteiger partial charge in [-0.25, -0.2) is 0 Å². The lowest BCUT2D eigenvalue weighted by molar-refractivity contribution is 0.470. The van der Waals surface area contributed by atoms with Crippen LogP contribution >= 0.6 is 0 Å². The molecule has 0 heterocycles. The predicted octanol–water partition coefficient (Wildman–Crippen LogP) is 3.13. The van der Waals surface area contributed by atoms with E-state index in [-0.39, 0.29) is 0 Å². The van der Waals surface area contributed by atoms with Crippen molar-refractivity contribution in [2.45, 2.75) is 25.7 Å². The third-order valence-corrected chi connectivity index (χ3v) is 2.67. The van der Waals surface area contributed by atoms with Gasteiger partial charge in [0.25, 0.3) is 0 Å². The van der Waals surface area contributed by atoms with Crippen molar-refractivity contribution in [1.82, 2.24) is 0 Å². The summed E-state index contributed by atoms with van der Waals surface area (Å²) in [6.45, 7) is 1.92. The van der Waals surface area contributed by atoms with Crippen LogP contribution < -0.4 is 0 Å². The molecule has 0 amide bonds. The molecule has 0 fully saturated rings. The van der Waals surface area contributed by atoms with Gasteiger partial charge in [-0.05, 0) is 37.0 Å². The molecule has 2 rings (SSSR count). The van der Waals surface area contributed by atoms with E-state index >= 15 is 0 Å². The van der Waals surface area contributed by atoms with E-state index in [1.807, 2.05) is 19.1 Å². The highest BCUT2D eigenvalue weighted by atomic mass is 16.3. The maximum atomic E-state index is 9.54. The van der Waals surface area contributed by atoms with E-state index in [4.69, 9.17) is 0 Å². The molecule has 0 saturated heterocycles. The molecule has 1 aromatic rings. The fourth-order valence-electron chi connectivity index (χ4n) is 1.77. The Bertz CT molecular complexity index is 339. The average molecular weight is 174 g/mol. The summed E-state index contributed by atoms with van der Waals surface area (Å²) < 4.78 is 0. The van der Waals surface area contributed by atoms with Gasteiger partial charge in [-0.2, -0.15) is 0 Å².